The van der Waals surface area contributed by atoms with Crippen LogP contribution >= 0.6 is 0 Å². The van der Waals surface area contributed by atoms with Gasteiger partial charge in [-0.05, 0) is 25.7 Å². The molecule has 0 unspecified atom stereocenters. The van der Waals surface area contributed by atoms with E-state index in [1.807, 2.05) is 13.8 Å². The molecule has 0 heterocycles. The van der Waals surface area contributed by atoms with Crippen molar-refractivity contribution in [2.45, 2.75) is 71.3 Å². The minimum Gasteiger partial charge on any atom is -0.313 e. The Bertz CT molecular complexity index is 346. The van der Waals surface area contributed by atoms with Crippen molar-refractivity contribution in [2.24, 2.45) is 0 Å². The summed E-state index contributed by atoms with van der Waals surface area (Å²) in [7, 11) is -3.31. The monoisotopic (exact) mass is 319 g/mol. The number of rotatable bonds is 10. The van der Waals surface area contributed by atoms with Crippen LogP contribution in [0.3, 0.4) is 0 Å². The zero-order valence-corrected chi connectivity index (χ0v) is 14.6. The normalized spacial score (nSPS) is 18.0. The van der Waals surface area contributed by atoms with E-state index >= 15 is 0 Å². The first kappa shape index (κ1) is 18.9. The predicted molar refractivity (Wildman–Crippen MR) is 88.6 cm³/mol. The van der Waals surface area contributed by atoms with Crippen LogP contribution in [0, 0.1) is 0 Å². The van der Waals surface area contributed by atoms with Crippen LogP contribution in [-0.2, 0) is 10.2 Å². The van der Waals surface area contributed by atoms with Gasteiger partial charge in [-0.25, -0.2) is 4.72 Å². The summed E-state index contributed by atoms with van der Waals surface area (Å²) >= 11 is 0. The van der Waals surface area contributed by atoms with E-state index in [1.165, 1.54) is 38.5 Å². The first-order valence-corrected chi connectivity index (χ1v) is 10.0. The molecule has 1 aliphatic carbocycles. The Balaban J connectivity index is 2.28. The quantitative estimate of drug-likeness (QED) is 0.479. The van der Waals surface area contributed by atoms with Gasteiger partial charge >= 0.3 is 0 Å². The SMILES string of the molecule is CCCN(CCC)S(=O)(=O)NCCNC1CCCCCC1. The third-order valence-electron chi connectivity index (χ3n) is 3.98. The molecule has 1 saturated carbocycles. The molecule has 0 amide bonds. The van der Waals surface area contributed by atoms with Crippen molar-refractivity contribution < 1.29 is 8.42 Å². The molecule has 0 aromatic heterocycles. The molecule has 0 radical (unpaired) electrons. The summed E-state index contributed by atoms with van der Waals surface area (Å²) in [5.74, 6) is 0. The molecule has 1 rings (SSSR count). The van der Waals surface area contributed by atoms with E-state index in [0.29, 0.717) is 25.7 Å². The molecule has 0 atom stereocenters. The lowest BCUT2D eigenvalue weighted by Crippen LogP contribution is -2.44. The van der Waals surface area contributed by atoms with E-state index in [4.69, 9.17) is 0 Å². The summed E-state index contributed by atoms with van der Waals surface area (Å²) in [6.45, 7) is 6.40. The summed E-state index contributed by atoms with van der Waals surface area (Å²) in [5.41, 5.74) is 0. The third-order valence-corrected chi connectivity index (χ3v) is 5.60. The fraction of sp³-hybridized carbons (Fsp3) is 1.00. The number of hydrogen-bond acceptors (Lipinski definition) is 3. The van der Waals surface area contributed by atoms with Gasteiger partial charge in [-0.2, -0.15) is 12.7 Å². The van der Waals surface area contributed by atoms with Crippen LogP contribution in [0.25, 0.3) is 0 Å². The minimum absolute atomic E-state index is 0.475. The standard InChI is InChI=1S/C15H33N3O2S/c1-3-13-18(14-4-2)21(19,20)17-12-11-16-15-9-7-5-6-8-10-15/h15-17H,3-14H2,1-2H3. The average Bonchev–Trinajstić information content (AvgIpc) is 2.72. The number of nitrogens with zero attached hydrogens (tertiary/aromatic N) is 1. The van der Waals surface area contributed by atoms with Gasteiger partial charge in [0.1, 0.15) is 0 Å². The molecular weight excluding hydrogens is 286 g/mol. The average molecular weight is 320 g/mol. The van der Waals surface area contributed by atoms with Crippen molar-refractivity contribution in [1.29, 1.82) is 0 Å². The van der Waals surface area contributed by atoms with E-state index in [-0.39, 0.29) is 0 Å². The van der Waals surface area contributed by atoms with Gasteiger partial charge in [-0.1, -0.05) is 39.5 Å². The number of nitrogens with one attached hydrogen (secondary N) is 2. The lowest BCUT2D eigenvalue weighted by molar-refractivity contribution is 0.399. The Morgan fingerprint density at radius 3 is 2.05 bits per heavy atom. The van der Waals surface area contributed by atoms with Gasteiger partial charge in [-0.3, -0.25) is 0 Å². The Morgan fingerprint density at radius 2 is 1.52 bits per heavy atom. The third kappa shape index (κ3) is 7.58. The summed E-state index contributed by atoms with van der Waals surface area (Å²) < 4.78 is 28.7. The molecule has 0 aliphatic heterocycles. The largest absolute Gasteiger partial charge is 0.313 e. The van der Waals surface area contributed by atoms with E-state index in [2.05, 4.69) is 10.0 Å². The van der Waals surface area contributed by atoms with Crippen LogP contribution in [0.15, 0.2) is 0 Å². The van der Waals surface area contributed by atoms with Crippen LogP contribution in [-0.4, -0.2) is 44.9 Å². The maximum absolute atomic E-state index is 12.2. The van der Waals surface area contributed by atoms with Crippen LogP contribution < -0.4 is 10.0 Å². The van der Waals surface area contributed by atoms with Crippen molar-refractivity contribution in [3.63, 3.8) is 0 Å². The van der Waals surface area contributed by atoms with Gasteiger partial charge in [-0.15, -0.1) is 0 Å². The van der Waals surface area contributed by atoms with Gasteiger partial charge in [0.05, 0.1) is 0 Å². The summed E-state index contributed by atoms with van der Waals surface area (Å²) in [6, 6.07) is 0.569. The molecule has 5 nitrogen and oxygen atoms in total. The Kier molecular flexibility index (Phi) is 9.47. The van der Waals surface area contributed by atoms with Gasteiger partial charge < -0.3 is 5.32 Å². The van der Waals surface area contributed by atoms with Crippen LogP contribution in [0.1, 0.15) is 65.2 Å². The first-order chi connectivity index (χ1) is 10.1. The van der Waals surface area contributed by atoms with Crippen molar-refractivity contribution in [3.8, 4) is 0 Å². The lowest BCUT2D eigenvalue weighted by Gasteiger charge is -2.22. The molecule has 1 aliphatic rings. The minimum atomic E-state index is -3.31. The first-order valence-electron chi connectivity index (χ1n) is 8.58. The highest BCUT2D eigenvalue weighted by molar-refractivity contribution is 7.87. The Hall–Kier alpha value is -0.170. The van der Waals surface area contributed by atoms with Crippen LogP contribution in [0.4, 0.5) is 0 Å². The Labute approximate surface area is 131 Å². The maximum atomic E-state index is 12.2. The van der Waals surface area contributed by atoms with Crippen molar-refractivity contribution >= 4 is 10.2 Å². The second-order valence-electron chi connectivity index (χ2n) is 5.94. The molecular formula is C15H33N3O2S. The fourth-order valence-electron chi connectivity index (χ4n) is 2.88. The molecule has 2 N–H and O–H groups in total. The van der Waals surface area contributed by atoms with Gasteiger partial charge in [0, 0.05) is 32.2 Å². The zero-order valence-electron chi connectivity index (χ0n) is 13.7. The second-order valence-corrected chi connectivity index (χ2v) is 7.70. The van der Waals surface area contributed by atoms with E-state index < -0.39 is 10.2 Å². The molecule has 6 heteroatoms. The van der Waals surface area contributed by atoms with Crippen LogP contribution in [0.5, 0.6) is 0 Å². The highest BCUT2D eigenvalue weighted by atomic mass is 32.2. The van der Waals surface area contributed by atoms with Crippen molar-refractivity contribution in [3.05, 3.63) is 0 Å². The molecule has 0 bridgehead atoms. The van der Waals surface area contributed by atoms with Crippen molar-refractivity contribution in [2.75, 3.05) is 26.2 Å². The van der Waals surface area contributed by atoms with Gasteiger partial charge in [0.25, 0.3) is 10.2 Å². The Morgan fingerprint density at radius 1 is 0.952 bits per heavy atom. The van der Waals surface area contributed by atoms with Crippen LogP contribution in [0.2, 0.25) is 0 Å². The molecule has 21 heavy (non-hydrogen) atoms. The van der Waals surface area contributed by atoms with Gasteiger partial charge in [0.15, 0.2) is 0 Å². The summed E-state index contributed by atoms with van der Waals surface area (Å²) in [5, 5.41) is 3.49. The molecule has 0 aromatic rings. The van der Waals surface area contributed by atoms with E-state index in [9.17, 15) is 8.42 Å². The van der Waals surface area contributed by atoms with E-state index in [0.717, 1.165) is 19.4 Å². The predicted octanol–water partition coefficient (Wildman–Crippen LogP) is 2.26. The summed E-state index contributed by atoms with van der Waals surface area (Å²) in [6.07, 6.45) is 9.42. The smallest absolute Gasteiger partial charge is 0.279 e. The molecule has 0 spiro atoms. The highest BCUT2D eigenvalue weighted by Crippen LogP contribution is 2.16. The fourth-order valence-corrected chi connectivity index (χ4v) is 4.27. The van der Waals surface area contributed by atoms with Gasteiger partial charge in [0.2, 0.25) is 0 Å². The van der Waals surface area contributed by atoms with Crippen molar-refractivity contribution in [1.82, 2.24) is 14.3 Å². The van der Waals surface area contributed by atoms with E-state index in [1.54, 1.807) is 4.31 Å². The number of hydrogen-bond donors (Lipinski definition) is 2. The molecule has 1 fully saturated rings. The highest BCUT2D eigenvalue weighted by Gasteiger charge is 2.19. The molecule has 0 saturated heterocycles. The summed E-state index contributed by atoms with van der Waals surface area (Å²) in [4.78, 5) is 0. The maximum Gasteiger partial charge on any atom is 0.279 e. The topological polar surface area (TPSA) is 61.4 Å². The molecule has 126 valence electrons. The lowest BCUT2D eigenvalue weighted by atomic mass is 10.1. The zero-order chi connectivity index (χ0) is 15.6. The molecule has 0 aromatic carbocycles. The second kappa shape index (κ2) is 10.5.